The van der Waals surface area contributed by atoms with Gasteiger partial charge in [-0.3, -0.25) is 4.79 Å². The van der Waals surface area contributed by atoms with E-state index in [2.05, 4.69) is 19.2 Å². The van der Waals surface area contributed by atoms with E-state index in [0.717, 1.165) is 23.2 Å². The van der Waals surface area contributed by atoms with Crippen LogP contribution in [0.2, 0.25) is 0 Å². The summed E-state index contributed by atoms with van der Waals surface area (Å²) in [6.07, 6.45) is 1.06. The van der Waals surface area contributed by atoms with Crippen molar-refractivity contribution in [2.24, 2.45) is 11.8 Å². The van der Waals surface area contributed by atoms with Gasteiger partial charge >= 0.3 is 0 Å². The lowest BCUT2D eigenvalue weighted by Crippen LogP contribution is -2.42. The van der Waals surface area contributed by atoms with Crippen LogP contribution in [0.4, 0.5) is 5.69 Å². The second-order valence-corrected chi connectivity index (χ2v) is 9.95. The molecule has 2 aliphatic rings. The van der Waals surface area contributed by atoms with Crippen molar-refractivity contribution < 1.29 is 13.2 Å². The van der Waals surface area contributed by atoms with Crippen LogP contribution in [0.1, 0.15) is 45.2 Å². The number of fused-ring (bicyclic) bond motifs is 1. The van der Waals surface area contributed by atoms with Gasteiger partial charge in [0.05, 0.1) is 10.3 Å². The summed E-state index contributed by atoms with van der Waals surface area (Å²) in [5.41, 5.74) is 1.60. The summed E-state index contributed by atoms with van der Waals surface area (Å²) in [4.78, 5) is 12.5. The van der Waals surface area contributed by atoms with Crippen molar-refractivity contribution in [2.45, 2.75) is 51.3 Å². The molecule has 0 unspecified atom stereocenters. The molecule has 1 saturated heterocycles. The molecule has 1 aromatic carbocycles. The quantitative estimate of drug-likeness (QED) is 0.892. The zero-order valence-corrected chi connectivity index (χ0v) is 15.8. The molecule has 2 heterocycles. The fourth-order valence-corrected chi connectivity index (χ4v) is 5.70. The molecule has 3 rings (SSSR count). The lowest BCUT2D eigenvalue weighted by atomic mass is 9.85. The van der Waals surface area contributed by atoms with E-state index in [4.69, 9.17) is 0 Å². The fourth-order valence-electron chi connectivity index (χ4n) is 3.91. The molecule has 0 aromatic heterocycles. The van der Waals surface area contributed by atoms with Gasteiger partial charge in [0.25, 0.3) is 0 Å². The number of carbonyl (C=O) groups excluding carboxylic acids is 1. The van der Waals surface area contributed by atoms with Gasteiger partial charge in [0.15, 0.2) is 0 Å². The Balaban J connectivity index is 2.06. The highest BCUT2D eigenvalue weighted by molar-refractivity contribution is 7.89. The number of amides is 1. The minimum atomic E-state index is -3.55. The minimum Gasteiger partial charge on any atom is -0.325 e. The third kappa shape index (κ3) is 2.65. The summed E-state index contributed by atoms with van der Waals surface area (Å²) in [6, 6.07) is 3.36. The van der Waals surface area contributed by atoms with E-state index < -0.39 is 15.4 Å². The number of piperidine rings is 1. The molecule has 0 spiro atoms. The number of benzene rings is 1. The van der Waals surface area contributed by atoms with Gasteiger partial charge in [0, 0.05) is 18.8 Å². The highest BCUT2D eigenvalue weighted by Gasteiger charge is 2.41. The third-order valence-electron chi connectivity index (χ3n) is 5.26. The maximum Gasteiger partial charge on any atom is 0.243 e. The number of hydrogen-bond acceptors (Lipinski definition) is 3. The van der Waals surface area contributed by atoms with Crippen molar-refractivity contribution in [3.8, 4) is 0 Å². The first kappa shape index (κ1) is 17.4. The summed E-state index contributed by atoms with van der Waals surface area (Å²) in [5, 5.41) is 2.88. The van der Waals surface area contributed by atoms with Crippen molar-refractivity contribution in [3.05, 3.63) is 23.3 Å². The molecule has 2 aliphatic heterocycles. The SMILES string of the molecule is Cc1cc(S(=O)(=O)N2C[C@@H](C)C[C@H](C)C2)cc2c1NC(=O)C2(C)C. The molecule has 2 atom stereocenters. The third-order valence-corrected chi connectivity index (χ3v) is 7.07. The smallest absolute Gasteiger partial charge is 0.243 e. The predicted molar refractivity (Wildman–Crippen MR) is 94.5 cm³/mol. The Bertz CT molecular complexity index is 789. The van der Waals surface area contributed by atoms with Crippen LogP contribution < -0.4 is 5.32 Å². The Kier molecular flexibility index (Phi) is 4.04. The molecule has 132 valence electrons. The van der Waals surface area contributed by atoms with Gasteiger partial charge in [-0.1, -0.05) is 13.8 Å². The average molecular weight is 350 g/mol. The number of nitrogens with one attached hydrogen (secondary N) is 1. The Morgan fingerprint density at radius 1 is 1.17 bits per heavy atom. The van der Waals surface area contributed by atoms with Gasteiger partial charge in [0.2, 0.25) is 15.9 Å². The summed E-state index contributed by atoms with van der Waals surface area (Å²) < 4.78 is 27.9. The average Bonchev–Trinajstić information content (AvgIpc) is 2.69. The lowest BCUT2D eigenvalue weighted by Gasteiger charge is -2.34. The second kappa shape index (κ2) is 5.56. The van der Waals surface area contributed by atoms with Crippen LogP contribution in [0, 0.1) is 18.8 Å². The van der Waals surface area contributed by atoms with Crippen LogP contribution >= 0.6 is 0 Å². The molecule has 0 aliphatic carbocycles. The Morgan fingerprint density at radius 2 is 1.75 bits per heavy atom. The molecule has 0 radical (unpaired) electrons. The molecule has 1 N–H and O–H groups in total. The molecule has 24 heavy (non-hydrogen) atoms. The van der Waals surface area contributed by atoms with Crippen molar-refractivity contribution in [2.75, 3.05) is 18.4 Å². The monoisotopic (exact) mass is 350 g/mol. The lowest BCUT2D eigenvalue weighted by molar-refractivity contribution is -0.119. The van der Waals surface area contributed by atoms with Crippen LogP contribution in [-0.2, 0) is 20.2 Å². The van der Waals surface area contributed by atoms with Crippen molar-refractivity contribution in [3.63, 3.8) is 0 Å². The van der Waals surface area contributed by atoms with E-state index in [1.54, 1.807) is 16.4 Å². The van der Waals surface area contributed by atoms with Crippen molar-refractivity contribution >= 4 is 21.6 Å². The molecular formula is C18H26N2O3S. The Labute approximate surface area is 144 Å². The minimum absolute atomic E-state index is 0.0876. The summed E-state index contributed by atoms with van der Waals surface area (Å²) in [7, 11) is -3.55. The van der Waals surface area contributed by atoms with Crippen molar-refractivity contribution in [1.82, 2.24) is 4.31 Å². The van der Waals surface area contributed by atoms with Gasteiger partial charge in [-0.2, -0.15) is 4.31 Å². The second-order valence-electron chi connectivity index (χ2n) is 8.01. The number of rotatable bonds is 2. The largest absolute Gasteiger partial charge is 0.325 e. The van der Waals surface area contributed by atoms with E-state index in [0.29, 0.717) is 29.8 Å². The summed E-state index contributed by atoms with van der Waals surface area (Å²) in [6.45, 7) is 10.8. The number of aryl methyl sites for hydroxylation is 1. The zero-order chi connectivity index (χ0) is 17.9. The molecular weight excluding hydrogens is 324 g/mol. The maximum absolute atomic E-state index is 13.1. The summed E-state index contributed by atoms with van der Waals surface area (Å²) >= 11 is 0. The molecule has 1 amide bonds. The standard InChI is InChI=1S/C18H26N2O3S/c1-11-6-12(2)10-20(9-11)24(22,23)14-7-13(3)16-15(8-14)18(4,5)17(21)19-16/h7-8,11-12H,6,9-10H2,1-5H3,(H,19,21)/t11-,12-/m0/s1. The molecule has 1 aromatic rings. The van der Waals surface area contributed by atoms with Gasteiger partial charge < -0.3 is 5.32 Å². The van der Waals surface area contributed by atoms with Crippen LogP contribution in [0.5, 0.6) is 0 Å². The van der Waals surface area contributed by atoms with E-state index >= 15 is 0 Å². The molecule has 6 heteroatoms. The first-order valence-electron chi connectivity index (χ1n) is 8.50. The first-order chi connectivity index (χ1) is 11.0. The number of hydrogen-bond donors (Lipinski definition) is 1. The number of nitrogens with zero attached hydrogens (tertiary/aromatic N) is 1. The maximum atomic E-state index is 13.1. The fraction of sp³-hybridized carbons (Fsp3) is 0.611. The molecule has 0 saturated carbocycles. The number of sulfonamides is 1. The van der Waals surface area contributed by atoms with Crippen LogP contribution in [0.25, 0.3) is 0 Å². The number of carbonyl (C=O) groups is 1. The van der Waals surface area contributed by atoms with E-state index in [1.807, 2.05) is 20.8 Å². The van der Waals surface area contributed by atoms with Crippen LogP contribution in [0.15, 0.2) is 17.0 Å². The Morgan fingerprint density at radius 3 is 2.33 bits per heavy atom. The van der Waals surface area contributed by atoms with Crippen LogP contribution in [-0.4, -0.2) is 31.7 Å². The highest BCUT2D eigenvalue weighted by Crippen LogP contribution is 2.41. The first-order valence-corrected chi connectivity index (χ1v) is 9.94. The van der Waals surface area contributed by atoms with Gasteiger partial charge in [0.1, 0.15) is 0 Å². The highest BCUT2D eigenvalue weighted by atomic mass is 32.2. The van der Waals surface area contributed by atoms with Crippen LogP contribution in [0.3, 0.4) is 0 Å². The summed E-state index contributed by atoms with van der Waals surface area (Å²) in [5.74, 6) is 0.632. The van der Waals surface area contributed by atoms with Gasteiger partial charge in [-0.15, -0.1) is 0 Å². The van der Waals surface area contributed by atoms with E-state index in [1.165, 1.54) is 0 Å². The molecule has 5 nitrogen and oxygen atoms in total. The molecule has 0 bridgehead atoms. The van der Waals surface area contributed by atoms with E-state index in [-0.39, 0.29) is 5.91 Å². The zero-order valence-electron chi connectivity index (χ0n) is 15.0. The van der Waals surface area contributed by atoms with Gasteiger partial charge in [-0.25, -0.2) is 8.42 Å². The normalized spacial score (nSPS) is 27.0. The Hall–Kier alpha value is -1.40. The molecule has 1 fully saturated rings. The van der Waals surface area contributed by atoms with Gasteiger partial charge in [-0.05, 0) is 62.3 Å². The number of anilines is 1. The topological polar surface area (TPSA) is 66.5 Å². The predicted octanol–water partition coefficient (Wildman–Crippen LogP) is 2.89. The van der Waals surface area contributed by atoms with Crippen molar-refractivity contribution in [1.29, 1.82) is 0 Å². The van der Waals surface area contributed by atoms with E-state index in [9.17, 15) is 13.2 Å².